The lowest BCUT2D eigenvalue weighted by atomic mass is 9.71. The molecule has 11 heteroatoms. The van der Waals surface area contributed by atoms with E-state index in [0.29, 0.717) is 67.2 Å². The molecule has 0 saturated carbocycles. The Morgan fingerprint density at radius 2 is 1.97 bits per heavy atom. The van der Waals surface area contributed by atoms with E-state index < -0.39 is 35.0 Å². The van der Waals surface area contributed by atoms with Gasteiger partial charge < -0.3 is 20.1 Å². The highest BCUT2D eigenvalue weighted by atomic mass is 35.5. The average Bonchev–Trinajstić information content (AvgIpc) is 2.90. The van der Waals surface area contributed by atoms with Gasteiger partial charge >= 0.3 is 5.97 Å². The van der Waals surface area contributed by atoms with Crippen LogP contribution in [0, 0.1) is 22.9 Å². The molecule has 0 unspecified atom stereocenters. The lowest BCUT2D eigenvalue weighted by molar-refractivity contribution is -0.141. The molecule has 0 aliphatic carbocycles. The fourth-order valence-corrected chi connectivity index (χ4v) is 5.58. The first-order valence-electron chi connectivity index (χ1n) is 12.7. The summed E-state index contributed by atoms with van der Waals surface area (Å²) in [6, 6.07) is 6.54. The lowest BCUT2D eigenvalue weighted by Gasteiger charge is -2.41. The molecule has 2 N–H and O–H groups in total. The number of likely N-dealkylation sites (tertiary alicyclic amines) is 1. The van der Waals surface area contributed by atoms with Gasteiger partial charge in [0.05, 0.1) is 29.8 Å². The van der Waals surface area contributed by atoms with E-state index in [1.807, 2.05) is 0 Å². The van der Waals surface area contributed by atoms with E-state index in [1.54, 1.807) is 18.2 Å². The first-order chi connectivity index (χ1) is 18.6. The molecule has 6 nitrogen and oxygen atoms in total. The van der Waals surface area contributed by atoms with Crippen molar-refractivity contribution in [2.75, 3.05) is 38.6 Å². The van der Waals surface area contributed by atoms with E-state index in [-0.39, 0.29) is 30.1 Å². The zero-order chi connectivity index (χ0) is 28.2. The van der Waals surface area contributed by atoms with Crippen LogP contribution in [0.4, 0.5) is 23.2 Å². The number of halogens is 5. The summed E-state index contributed by atoms with van der Waals surface area (Å²) in [5.74, 6) is -3.67. The molecular weight excluding hydrogens is 538 g/mol. The highest BCUT2D eigenvalue weighted by Gasteiger charge is 2.37. The van der Waals surface area contributed by atoms with Crippen molar-refractivity contribution in [3.63, 3.8) is 0 Å². The van der Waals surface area contributed by atoms with Crippen molar-refractivity contribution in [3.05, 3.63) is 64.6 Å². The number of hydrogen-bond donors (Lipinski definition) is 2. The number of aliphatic carboxylic acids is 1. The number of nitrogens with one attached hydrogen (secondary N) is 1. The summed E-state index contributed by atoms with van der Waals surface area (Å²) in [4.78, 5) is 18.1. The minimum absolute atomic E-state index is 0.0851. The Morgan fingerprint density at radius 3 is 2.67 bits per heavy atom. The van der Waals surface area contributed by atoms with Crippen molar-refractivity contribution in [3.8, 4) is 5.75 Å². The normalized spacial score (nSPS) is 16.3. The van der Waals surface area contributed by atoms with Crippen LogP contribution in [-0.4, -0.2) is 54.2 Å². The largest absolute Gasteiger partial charge is 0.497 e. The van der Waals surface area contributed by atoms with Crippen LogP contribution >= 0.6 is 11.6 Å². The van der Waals surface area contributed by atoms with Gasteiger partial charge in [0, 0.05) is 42.4 Å². The number of ether oxygens (including phenoxy) is 1. The van der Waals surface area contributed by atoms with E-state index in [2.05, 4.69) is 15.2 Å². The molecular formula is C28H30ClF4N3O3. The lowest BCUT2D eigenvalue weighted by Crippen LogP contribution is -2.43. The minimum atomic E-state index is -1.43. The summed E-state index contributed by atoms with van der Waals surface area (Å²) in [5, 5.41) is 13.1. The highest BCUT2D eigenvalue weighted by Crippen LogP contribution is 2.44. The number of hydrogen-bond acceptors (Lipinski definition) is 5. The molecule has 1 fully saturated rings. The molecule has 0 radical (unpaired) electrons. The quantitative estimate of drug-likeness (QED) is 0.197. The van der Waals surface area contributed by atoms with E-state index in [4.69, 9.17) is 16.3 Å². The minimum Gasteiger partial charge on any atom is -0.497 e. The number of nitrogens with zero attached hydrogens (tertiary/aromatic N) is 2. The molecule has 0 spiro atoms. The summed E-state index contributed by atoms with van der Waals surface area (Å²) in [7, 11) is 1.52. The number of benzene rings is 2. The molecule has 1 aliphatic rings. The molecule has 39 heavy (non-hydrogen) atoms. The zero-order valence-corrected chi connectivity index (χ0v) is 22.2. The van der Waals surface area contributed by atoms with Crippen LogP contribution in [-0.2, 0) is 4.79 Å². The monoisotopic (exact) mass is 567 g/mol. The third-order valence-corrected chi connectivity index (χ3v) is 7.79. The van der Waals surface area contributed by atoms with Crippen molar-refractivity contribution < 1.29 is 32.2 Å². The number of aromatic nitrogens is 1. The molecule has 1 aromatic heterocycles. The fraction of sp³-hybridized carbons (Fsp3) is 0.429. The molecule has 2 heterocycles. The van der Waals surface area contributed by atoms with E-state index in [9.17, 15) is 23.1 Å². The molecule has 4 rings (SSSR count). The average molecular weight is 568 g/mol. The SMILES string of the molecule is COc1ccc2ncc(Cl)c([C@H](F)CCC3(CC(=O)O)CCN(CCNc4cc(F)cc(F)c4F)CC3)c2c1. The Kier molecular flexibility index (Phi) is 9.17. The van der Waals surface area contributed by atoms with Gasteiger partial charge in [0.1, 0.15) is 17.7 Å². The number of rotatable bonds is 11. The van der Waals surface area contributed by atoms with Crippen molar-refractivity contribution >= 4 is 34.2 Å². The fourth-order valence-electron chi connectivity index (χ4n) is 5.31. The van der Waals surface area contributed by atoms with Gasteiger partial charge in [-0.3, -0.25) is 9.78 Å². The predicted molar refractivity (Wildman–Crippen MR) is 142 cm³/mol. The number of carboxylic acid groups (broad SMARTS) is 1. The topological polar surface area (TPSA) is 74.7 Å². The van der Waals surface area contributed by atoms with Crippen molar-refractivity contribution in [2.45, 2.75) is 38.3 Å². The van der Waals surface area contributed by atoms with Gasteiger partial charge in [-0.2, -0.15) is 0 Å². The number of alkyl halides is 1. The van der Waals surface area contributed by atoms with Gasteiger partial charge in [0.15, 0.2) is 11.6 Å². The third-order valence-electron chi connectivity index (χ3n) is 7.49. The second-order valence-electron chi connectivity index (χ2n) is 10.00. The maximum atomic E-state index is 15.7. The van der Waals surface area contributed by atoms with Crippen LogP contribution in [0.1, 0.15) is 43.8 Å². The summed E-state index contributed by atoms with van der Waals surface area (Å²) >= 11 is 6.36. The van der Waals surface area contributed by atoms with E-state index in [0.717, 1.165) is 6.07 Å². The Bertz CT molecular complexity index is 1340. The van der Waals surface area contributed by atoms with E-state index in [1.165, 1.54) is 13.3 Å². The Hall–Kier alpha value is -3.11. The Morgan fingerprint density at radius 1 is 1.23 bits per heavy atom. The molecule has 0 bridgehead atoms. The molecule has 1 atom stereocenters. The van der Waals surface area contributed by atoms with Crippen LogP contribution in [0.5, 0.6) is 5.75 Å². The Labute approximate surface area is 228 Å². The van der Waals surface area contributed by atoms with Gasteiger partial charge in [-0.15, -0.1) is 0 Å². The number of piperidine rings is 1. The first-order valence-corrected chi connectivity index (χ1v) is 13.1. The zero-order valence-electron chi connectivity index (χ0n) is 21.5. The predicted octanol–water partition coefficient (Wildman–Crippen LogP) is 6.77. The molecule has 0 amide bonds. The molecule has 210 valence electrons. The van der Waals surface area contributed by atoms with Crippen LogP contribution < -0.4 is 10.1 Å². The summed E-state index contributed by atoms with van der Waals surface area (Å²) in [6.45, 7) is 1.83. The highest BCUT2D eigenvalue weighted by molar-refractivity contribution is 6.32. The van der Waals surface area contributed by atoms with Crippen molar-refractivity contribution in [2.24, 2.45) is 5.41 Å². The maximum absolute atomic E-state index is 15.7. The third kappa shape index (κ3) is 6.91. The smallest absolute Gasteiger partial charge is 0.303 e. The Balaban J connectivity index is 1.39. The van der Waals surface area contributed by atoms with Crippen LogP contribution in [0.2, 0.25) is 5.02 Å². The molecule has 1 aliphatic heterocycles. The number of methoxy groups -OCH3 is 1. The van der Waals surface area contributed by atoms with E-state index >= 15 is 4.39 Å². The first kappa shape index (κ1) is 28.9. The molecule has 1 saturated heterocycles. The number of carbonyl (C=O) groups is 1. The second kappa shape index (κ2) is 12.4. The molecule has 3 aromatic rings. The van der Waals surface area contributed by atoms with Gasteiger partial charge in [0.2, 0.25) is 0 Å². The maximum Gasteiger partial charge on any atom is 0.303 e. The second-order valence-corrected chi connectivity index (χ2v) is 10.4. The number of carboxylic acids is 1. The van der Waals surface area contributed by atoms with Crippen molar-refractivity contribution in [1.29, 1.82) is 0 Å². The van der Waals surface area contributed by atoms with Crippen LogP contribution in [0.25, 0.3) is 10.9 Å². The number of anilines is 1. The summed E-state index contributed by atoms with van der Waals surface area (Å²) in [6.07, 6.45) is 1.42. The molecule has 2 aromatic carbocycles. The van der Waals surface area contributed by atoms with Crippen LogP contribution in [0.3, 0.4) is 0 Å². The van der Waals surface area contributed by atoms with Gasteiger partial charge in [-0.25, -0.2) is 17.6 Å². The number of pyridine rings is 1. The number of fused-ring (bicyclic) bond motifs is 1. The summed E-state index contributed by atoms with van der Waals surface area (Å²) < 4.78 is 61.7. The standard InChI is InChI=1S/C28H30ClF4N3O3/c1-39-18-2-3-23-19(14-18)26(20(29)16-35-23)21(31)4-5-28(15-25(37)38)6-9-36(10-7-28)11-8-34-24-13-17(30)12-22(32)27(24)33/h2-3,12-14,16,21,34H,4-11,15H2,1H3,(H,37,38)/t21-/m1/s1. The van der Waals surface area contributed by atoms with Crippen LogP contribution in [0.15, 0.2) is 36.5 Å². The van der Waals surface area contributed by atoms with Crippen molar-refractivity contribution in [1.82, 2.24) is 9.88 Å². The van der Waals surface area contributed by atoms with Gasteiger partial charge in [-0.05, 0) is 62.4 Å². The van der Waals surface area contributed by atoms with Gasteiger partial charge in [0.25, 0.3) is 0 Å². The van der Waals surface area contributed by atoms with Gasteiger partial charge in [-0.1, -0.05) is 11.6 Å². The summed E-state index contributed by atoms with van der Waals surface area (Å²) in [5.41, 5.74) is 0.0559.